The summed E-state index contributed by atoms with van der Waals surface area (Å²) in [5.41, 5.74) is 0. The Kier molecular flexibility index (Phi) is 12.8. The Balaban J connectivity index is 1.56. The van der Waals surface area contributed by atoms with Crippen molar-refractivity contribution >= 4 is 0 Å². The van der Waals surface area contributed by atoms with Crippen LogP contribution in [0.5, 0.6) is 0 Å². The van der Waals surface area contributed by atoms with Gasteiger partial charge in [0.25, 0.3) is 0 Å². The molecule has 0 aliphatic carbocycles. The molecule has 4 aliphatic heterocycles. The van der Waals surface area contributed by atoms with Gasteiger partial charge in [-0.05, 0) is 0 Å². The second-order valence-corrected chi connectivity index (χ2v) is 11.1. The van der Waals surface area contributed by atoms with Crippen molar-refractivity contribution in [1.29, 1.82) is 0 Å². The number of hydrogen-bond donors (Lipinski definition) is 14. The molecule has 45 heavy (non-hydrogen) atoms. The van der Waals surface area contributed by atoms with Crippen LogP contribution in [0.15, 0.2) is 0 Å². The van der Waals surface area contributed by atoms with Gasteiger partial charge in [-0.2, -0.15) is 0 Å². The fraction of sp³-hybridized carbons (Fsp3) is 1.00. The summed E-state index contributed by atoms with van der Waals surface area (Å²) < 4.78 is 37.9. The normalized spacial score (nSPS) is 52.9. The molecule has 4 fully saturated rings. The summed E-state index contributed by atoms with van der Waals surface area (Å²) in [5.74, 6) is 0. The molecule has 0 aromatic carbocycles. The zero-order valence-electron chi connectivity index (χ0n) is 23.5. The van der Waals surface area contributed by atoms with E-state index in [1.807, 2.05) is 0 Å². The maximum atomic E-state index is 11.1. The smallest absolute Gasteiger partial charge is 0.187 e. The predicted molar refractivity (Wildman–Crippen MR) is 134 cm³/mol. The van der Waals surface area contributed by atoms with E-state index >= 15 is 0 Å². The lowest BCUT2D eigenvalue weighted by atomic mass is 9.96. The van der Waals surface area contributed by atoms with Crippen molar-refractivity contribution in [3.05, 3.63) is 0 Å². The van der Waals surface area contributed by atoms with Gasteiger partial charge in [0.15, 0.2) is 25.2 Å². The molecule has 0 bridgehead atoms. The van der Waals surface area contributed by atoms with Crippen molar-refractivity contribution in [3.8, 4) is 0 Å². The lowest BCUT2D eigenvalue weighted by Gasteiger charge is -2.49. The van der Waals surface area contributed by atoms with Gasteiger partial charge in [-0.15, -0.1) is 0 Å². The molecule has 0 aromatic rings. The van der Waals surface area contributed by atoms with Crippen LogP contribution in [0.3, 0.4) is 0 Å². The molecule has 0 radical (unpaired) electrons. The van der Waals surface area contributed by atoms with Crippen LogP contribution in [0.1, 0.15) is 0 Å². The molecule has 0 aromatic heterocycles. The molecule has 4 saturated heterocycles. The van der Waals surface area contributed by atoms with Gasteiger partial charge in [-0.25, -0.2) is 0 Å². The maximum Gasteiger partial charge on any atom is 0.187 e. The summed E-state index contributed by atoms with van der Waals surface area (Å²) in [6.45, 7) is -3.39. The molecule has 14 N–H and O–H groups in total. The topological polar surface area (TPSA) is 348 Å². The van der Waals surface area contributed by atoms with Crippen LogP contribution in [-0.2, 0) is 33.2 Å². The molecule has 4 rings (SSSR count). The van der Waals surface area contributed by atoms with Gasteiger partial charge in [-0.1, -0.05) is 0 Å². The van der Waals surface area contributed by atoms with Gasteiger partial charge in [0.05, 0.1) is 26.4 Å². The summed E-state index contributed by atoms with van der Waals surface area (Å²) in [4.78, 5) is 0. The predicted octanol–water partition coefficient (Wildman–Crippen LogP) is -9.75. The number of ether oxygens (including phenoxy) is 7. The molecule has 0 unspecified atom stereocenters. The fourth-order valence-electron chi connectivity index (χ4n) is 5.50. The molecule has 21 nitrogen and oxygen atoms in total. The zero-order chi connectivity index (χ0) is 33.3. The van der Waals surface area contributed by atoms with E-state index in [0.717, 1.165) is 0 Å². The SMILES string of the molecule is OC[C@H]1O[C@H](O[C@@H]2[C@H](O)[C@@H](O[C@@H]3[C@@H](O[C@H]4[C@@H](O)[C@H](O)[C@@H](CO)O[C@@H]4O)O[C@H](CO)[C@@H](O)[C@@H]3O)O[C@H](CO)[C@H]2O)[C@@H](O)[C@@H](O)[C@@H]1O. The minimum Gasteiger partial charge on any atom is -0.394 e. The Morgan fingerprint density at radius 2 is 0.711 bits per heavy atom. The van der Waals surface area contributed by atoms with Crippen molar-refractivity contribution < 1.29 is 105 Å². The van der Waals surface area contributed by atoms with E-state index in [1.54, 1.807) is 0 Å². The number of rotatable bonds is 10. The molecule has 264 valence electrons. The summed E-state index contributed by atoms with van der Waals surface area (Å²) in [7, 11) is 0. The lowest BCUT2D eigenvalue weighted by Crippen LogP contribution is -2.67. The third-order valence-corrected chi connectivity index (χ3v) is 8.21. The van der Waals surface area contributed by atoms with Crippen LogP contribution in [0, 0.1) is 0 Å². The standard InChI is InChI=1S/C24H42O21/c25-1-5-10(30)14(34)19(21(38)39-5)44-24-20(15(35)11(31)7(3-27)42-24)45-23-17(37)18(12(32)8(4-28)41-23)43-22-16(36)13(33)9(29)6(2-26)40-22/h5-38H,1-4H2/t5-,6-,7-,8-,9-,10-,11-,12-,13+,14+,15+,16+,17+,18+,19+,20+,21+,22-,23-,24-/m1/s1. The number of aliphatic hydroxyl groups excluding tert-OH is 14. The van der Waals surface area contributed by atoms with E-state index in [4.69, 9.17) is 33.2 Å². The van der Waals surface area contributed by atoms with Crippen molar-refractivity contribution in [2.45, 2.75) is 123 Å². The summed E-state index contributed by atoms with van der Waals surface area (Å²) in [6, 6.07) is 0. The maximum absolute atomic E-state index is 11.1. The van der Waals surface area contributed by atoms with Crippen LogP contribution in [-0.4, -0.2) is 221 Å². The van der Waals surface area contributed by atoms with E-state index in [9.17, 15) is 71.5 Å². The molecule has 21 heteroatoms. The highest BCUT2D eigenvalue weighted by molar-refractivity contribution is 4.97. The van der Waals surface area contributed by atoms with Gasteiger partial charge < -0.3 is 105 Å². The van der Waals surface area contributed by atoms with Crippen LogP contribution in [0.4, 0.5) is 0 Å². The molecule has 0 saturated carbocycles. The van der Waals surface area contributed by atoms with Crippen LogP contribution < -0.4 is 0 Å². The average Bonchev–Trinajstić information content (AvgIpc) is 3.03. The molecule has 4 aliphatic rings. The van der Waals surface area contributed by atoms with E-state index in [-0.39, 0.29) is 0 Å². The second kappa shape index (κ2) is 15.6. The monoisotopic (exact) mass is 666 g/mol. The Bertz CT molecular complexity index is 916. The lowest BCUT2D eigenvalue weighted by molar-refractivity contribution is -0.399. The van der Waals surface area contributed by atoms with Crippen molar-refractivity contribution in [2.75, 3.05) is 26.4 Å². The van der Waals surface area contributed by atoms with Crippen molar-refractivity contribution in [1.82, 2.24) is 0 Å². The average molecular weight is 667 g/mol. The summed E-state index contributed by atoms with van der Waals surface area (Å²) in [5, 5.41) is 143. The van der Waals surface area contributed by atoms with Gasteiger partial charge in [0.1, 0.15) is 97.7 Å². The first-order valence-corrected chi connectivity index (χ1v) is 14.1. The van der Waals surface area contributed by atoms with Crippen LogP contribution in [0.2, 0.25) is 0 Å². The minimum atomic E-state index is -2.07. The van der Waals surface area contributed by atoms with E-state index in [0.29, 0.717) is 0 Å². The molecular formula is C24H42O21. The fourth-order valence-corrected chi connectivity index (χ4v) is 5.50. The molecule has 0 spiro atoms. The molecule has 20 atom stereocenters. The first-order valence-electron chi connectivity index (χ1n) is 14.1. The zero-order valence-corrected chi connectivity index (χ0v) is 23.5. The highest BCUT2D eigenvalue weighted by atomic mass is 16.8. The Morgan fingerprint density at radius 3 is 1.24 bits per heavy atom. The van der Waals surface area contributed by atoms with Gasteiger partial charge in [0, 0.05) is 0 Å². The Morgan fingerprint density at radius 1 is 0.333 bits per heavy atom. The second-order valence-electron chi connectivity index (χ2n) is 11.1. The Hall–Kier alpha value is -0.840. The number of aliphatic hydroxyl groups is 14. The minimum absolute atomic E-state index is 0.785. The van der Waals surface area contributed by atoms with Gasteiger partial charge in [-0.3, -0.25) is 0 Å². The van der Waals surface area contributed by atoms with Crippen LogP contribution >= 0.6 is 0 Å². The molecule has 0 amide bonds. The molecular weight excluding hydrogens is 624 g/mol. The Labute approximate surface area is 254 Å². The van der Waals surface area contributed by atoms with Gasteiger partial charge >= 0.3 is 0 Å². The third kappa shape index (κ3) is 7.44. The van der Waals surface area contributed by atoms with Crippen molar-refractivity contribution in [2.24, 2.45) is 0 Å². The quantitative estimate of drug-likeness (QED) is 0.103. The number of hydrogen-bond acceptors (Lipinski definition) is 21. The summed E-state index contributed by atoms with van der Waals surface area (Å²) in [6.07, 6.45) is -36.3. The van der Waals surface area contributed by atoms with Gasteiger partial charge in [0.2, 0.25) is 0 Å². The summed E-state index contributed by atoms with van der Waals surface area (Å²) >= 11 is 0. The van der Waals surface area contributed by atoms with Crippen molar-refractivity contribution in [3.63, 3.8) is 0 Å². The largest absolute Gasteiger partial charge is 0.394 e. The van der Waals surface area contributed by atoms with Crippen LogP contribution in [0.25, 0.3) is 0 Å². The highest BCUT2D eigenvalue weighted by Crippen LogP contribution is 2.34. The third-order valence-electron chi connectivity index (χ3n) is 8.21. The highest BCUT2D eigenvalue weighted by Gasteiger charge is 2.55. The first-order chi connectivity index (χ1) is 21.3. The first kappa shape index (κ1) is 37.0. The van der Waals surface area contributed by atoms with E-state index in [2.05, 4.69) is 0 Å². The molecule has 4 heterocycles. The van der Waals surface area contributed by atoms with E-state index < -0.39 is 149 Å². The van der Waals surface area contributed by atoms with E-state index in [1.165, 1.54) is 0 Å².